The van der Waals surface area contributed by atoms with Crippen LogP contribution in [0.1, 0.15) is 28.6 Å². The molecule has 2 aliphatic rings. The van der Waals surface area contributed by atoms with Crippen molar-refractivity contribution in [2.75, 3.05) is 18.3 Å². The Balaban J connectivity index is 1.44. The molecule has 1 saturated heterocycles. The largest absolute Gasteiger partial charge is 0.494 e. The van der Waals surface area contributed by atoms with Crippen molar-refractivity contribution in [3.63, 3.8) is 0 Å². The van der Waals surface area contributed by atoms with E-state index in [2.05, 4.69) is 0 Å². The number of imide groups is 1. The van der Waals surface area contributed by atoms with Crippen molar-refractivity contribution in [3.8, 4) is 17.2 Å². The molecule has 8 nitrogen and oxygen atoms in total. The Morgan fingerprint density at radius 3 is 2.65 bits per heavy atom. The molecule has 5 rings (SSSR count). The van der Waals surface area contributed by atoms with Crippen LogP contribution in [0.3, 0.4) is 0 Å². The molecule has 9 heteroatoms. The summed E-state index contributed by atoms with van der Waals surface area (Å²) in [6, 6.07) is 14.8. The number of hydrogen-bond acceptors (Lipinski definition) is 7. The molecule has 2 aromatic carbocycles. The third-order valence-electron chi connectivity index (χ3n) is 5.69. The average molecular weight is 479 g/mol. The van der Waals surface area contributed by atoms with E-state index in [1.54, 1.807) is 53.9 Å². The fourth-order valence-electron chi connectivity index (χ4n) is 4.09. The number of thiophene rings is 1. The maximum Gasteiger partial charge on any atom is 0.264 e. The number of hydrogen-bond donors (Lipinski definition) is 0. The first-order valence-electron chi connectivity index (χ1n) is 10.9. The zero-order chi connectivity index (χ0) is 23.7. The molecule has 1 unspecified atom stereocenters. The van der Waals surface area contributed by atoms with Crippen LogP contribution in [0.2, 0.25) is 0 Å². The molecule has 3 aromatic rings. The zero-order valence-corrected chi connectivity index (χ0v) is 19.2. The highest BCUT2D eigenvalue weighted by molar-refractivity contribution is 7.12. The lowest BCUT2D eigenvalue weighted by molar-refractivity contribution is -0.122. The van der Waals surface area contributed by atoms with Crippen molar-refractivity contribution in [1.82, 2.24) is 4.90 Å². The first-order chi connectivity index (χ1) is 16.5. The van der Waals surface area contributed by atoms with Crippen LogP contribution in [0.15, 0.2) is 60.0 Å². The van der Waals surface area contributed by atoms with Gasteiger partial charge < -0.3 is 19.1 Å². The number of nitrogens with zero attached hydrogens (tertiary/aromatic N) is 2. The van der Waals surface area contributed by atoms with Crippen LogP contribution in [0, 0.1) is 0 Å². The second-order valence-electron chi connectivity index (χ2n) is 7.81. The van der Waals surface area contributed by atoms with Crippen LogP contribution in [-0.2, 0) is 16.1 Å². The Kier molecular flexibility index (Phi) is 5.93. The van der Waals surface area contributed by atoms with E-state index < -0.39 is 11.9 Å². The van der Waals surface area contributed by atoms with Gasteiger partial charge >= 0.3 is 0 Å². The van der Waals surface area contributed by atoms with Crippen molar-refractivity contribution in [2.45, 2.75) is 25.9 Å². The van der Waals surface area contributed by atoms with Gasteiger partial charge in [0.05, 0.1) is 23.6 Å². The first-order valence-corrected chi connectivity index (χ1v) is 11.8. The minimum Gasteiger partial charge on any atom is -0.494 e. The van der Waals surface area contributed by atoms with Gasteiger partial charge in [-0.3, -0.25) is 14.4 Å². The quantitative estimate of drug-likeness (QED) is 0.480. The fraction of sp³-hybridized carbons (Fsp3) is 0.240. The molecule has 1 aromatic heterocycles. The number of carbonyl (C=O) groups excluding carboxylic acids is 3. The molecule has 3 heterocycles. The highest BCUT2D eigenvalue weighted by Crippen LogP contribution is 2.34. The molecular weight excluding hydrogens is 456 g/mol. The van der Waals surface area contributed by atoms with Gasteiger partial charge in [-0.25, -0.2) is 4.90 Å². The van der Waals surface area contributed by atoms with Crippen molar-refractivity contribution in [2.24, 2.45) is 0 Å². The Bertz CT molecular complexity index is 1220. The number of fused-ring (bicyclic) bond motifs is 1. The predicted octanol–water partition coefficient (Wildman–Crippen LogP) is 3.85. The number of carbonyl (C=O) groups is 3. The van der Waals surface area contributed by atoms with Crippen LogP contribution < -0.4 is 19.1 Å². The molecule has 34 heavy (non-hydrogen) atoms. The highest BCUT2D eigenvalue weighted by Gasteiger charge is 2.44. The van der Waals surface area contributed by atoms with Crippen LogP contribution in [-0.4, -0.2) is 42.1 Å². The summed E-state index contributed by atoms with van der Waals surface area (Å²) in [5.41, 5.74) is 1.22. The van der Waals surface area contributed by atoms with Crippen LogP contribution in [0.5, 0.6) is 17.2 Å². The van der Waals surface area contributed by atoms with E-state index in [9.17, 15) is 14.4 Å². The van der Waals surface area contributed by atoms with Crippen molar-refractivity contribution < 1.29 is 28.6 Å². The van der Waals surface area contributed by atoms with Gasteiger partial charge in [-0.05, 0) is 60.3 Å². The topological polar surface area (TPSA) is 85.4 Å². The number of rotatable bonds is 7. The van der Waals surface area contributed by atoms with Gasteiger partial charge in [0.15, 0.2) is 11.5 Å². The Morgan fingerprint density at radius 2 is 1.91 bits per heavy atom. The maximum absolute atomic E-state index is 13.5. The minimum atomic E-state index is -0.918. The summed E-state index contributed by atoms with van der Waals surface area (Å²) in [6.45, 7) is 2.69. The number of benzene rings is 2. The smallest absolute Gasteiger partial charge is 0.264 e. The summed E-state index contributed by atoms with van der Waals surface area (Å²) in [6.07, 6.45) is -0.0896. The fourth-order valence-corrected chi connectivity index (χ4v) is 4.77. The van der Waals surface area contributed by atoms with E-state index >= 15 is 0 Å². The number of ether oxygens (including phenoxy) is 3. The monoisotopic (exact) mass is 478 g/mol. The van der Waals surface area contributed by atoms with Gasteiger partial charge in [0.2, 0.25) is 12.7 Å². The summed E-state index contributed by atoms with van der Waals surface area (Å²) in [5, 5.41) is 1.81. The Hall–Kier alpha value is -3.85. The molecule has 174 valence electrons. The van der Waals surface area contributed by atoms with Crippen molar-refractivity contribution >= 4 is 34.7 Å². The lowest BCUT2D eigenvalue weighted by Crippen LogP contribution is -2.44. The van der Waals surface area contributed by atoms with Gasteiger partial charge in [-0.2, -0.15) is 0 Å². The normalized spacial score (nSPS) is 16.7. The Labute approximate surface area is 200 Å². The average Bonchev–Trinajstić information content (AvgIpc) is 3.59. The summed E-state index contributed by atoms with van der Waals surface area (Å²) in [5.74, 6) is 0.791. The molecule has 0 N–H and O–H groups in total. The molecule has 1 fully saturated rings. The van der Waals surface area contributed by atoms with Crippen LogP contribution >= 0.6 is 11.3 Å². The van der Waals surface area contributed by atoms with Gasteiger partial charge in [0.25, 0.3) is 11.8 Å². The second kappa shape index (κ2) is 9.18. The SMILES string of the molecule is CCOc1ccc(N2C(=O)CC(N(Cc3ccc4c(c3)OCO4)C(=O)c3cccs3)C2=O)cc1. The van der Waals surface area contributed by atoms with E-state index in [4.69, 9.17) is 14.2 Å². The lowest BCUT2D eigenvalue weighted by atomic mass is 10.1. The first kappa shape index (κ1) is 22.0. The van der Waals surface area contributed by atoms with E-state index in [-0.39, 0.29) is 31.6 Å². The highest BCUT2D eigenvalue weighted by atomic mass is 32.1. The molecule has 3 amide bonds. The van der Waals surface area contributed by atoms with Crippen molar-refractivity contribution in [3.05, 3.63) is 70.4 Å². The Morgan fingerprint density at radius 1 is 1.12 bits per heavy atom. The number of anilines is 1. The number of amides is 3. The summed E-state index contributed by atoms with van der Waals surface area (Å²) in [4.78, 5) is 42.9. The molecule has 0 bridgehead atoms. The van der Waals surface area contributed by atoms with Crippen LogP contribution in [0.25, 0.3) is 0 Å². The van der Waals surface area contributed by atoms with Crippen molar-refractivity contribution in [1.29, 1.82) is 0 Å². The predicted molar refractivity (Wildman–Crippen MR) is 125 cm³/mol. The van der Waals surface area contributed by atoms with E-state index in [1.807, 2.05) is 13.0 Å². The van der Waals surface area contributed by atoms with Gasteiger partial charge in [0.1, 0.15) is 11.8 Å². The maximum atomic E-state index is 13.5. The van der Waals surface area contributed by atoms with E-state index in [0.717, 1.165) is 10.5 Å². The minimum absolute atomic E-state index is 0.0896. The lowest BCUT2D eigenvalue weighted by Gasteiger charge is -2.27. The molecule has 0 radical (unpaired) electrons. The van der Waals surface area contributed by atoms with Gasteiger partial charge in [-0.15, -0.1) is 11.3 Å². The summed E-state index contributed by atoms with van der Waals surface area (Å²) < 4.78 is 16.3. The third kappa shape index (κ3) is 4.10. The standard InChI is InChI=1S/C25H22N2O6S/c1-2-31-18-8-6-17(7-9-18)27-23(28)13-19(24(27)29)26(25(30)22-4-3-11-34-22)14-16-5-10-20-21(12-16)33-15-32-20/h3-12,19H,2,13-15H2,1H3. The molecule has 1 atom stereocenters. The third-order valence-corrected chi connectivity index (χ3v) is 6.55. The second-order valence-corrected chi connectivity index (χ2v) is 8.76. The van der Waals surface area contributed by atoms with Gasteiger partial charge in [0, 0.05) is 6.54 Å². The van der Waals surface area contributed by atoms with E-state index in [0.29, 0.717) is 34.4 Å². The van der Waals surface area contributed by atoms with Crippen LogP contribution in [0.4, 0.5) is 5.69 Å². The molecule has 0 spiro atoms. The molecular formula is C25H22N2O6S. The molecule has 0 saturated carbocycles. The molecule has 2 aliphatic heterocycles. The summed E-state index contributed by atoms with van der Waals surface area (Å²) in [7, 11) is 0. The van der Waals surface area contributed by atoms with Gasteiger partial charge in [-0.1, -0.05) is 12.1 Å². The zero-order valence-electron chi connectivity index (χ0n) is 18.4. The molecule has 0 aliphatic carbocycles. The summed E-state index contributed by atoms with van der Waals surface area (Å²) >= 11 is 1.29. The van der Waals surface area contributed by atoms with E-state index in [1.165, 1.54) is 16.2 Å².